The van der Waals surface area contributed by atoms with Crippen LogP contribution in [-0.2, 0) is 4.74 Å². The molecule has 2 atom stereocenters. The molecule has 0 saturated carbocycles. The van der Waals surface area contributed by atoms with Gasteiger partial charge in [0.2, 0.25) is 0 Å². The summed E-state index contributed by atoms with van der Waals surface area (Å²) in [5, 5.41) is 5.95. The van der Waals surface area contributed by atoms with Crippen molar-refractivity contribution in [2.24, 2.45) is 0 Å². The van der Waals surface area contributed by atoms with Crippen LogP contribution in [0.15, 0.2) is 30.3 Å². The highest BCUT2D eigenvalue weighted by Gasteiger charge is 2.20. The minimum Gasteiger partial charge on any atom is -0.444 e. The average molecular weight is 308 g/mol. The maximum Gasteiger partial charge on any atom is 0.408 e. The number of nitrogens with one attached hydrogen (secondary N) is 2. The van der Waals surface area contributed by atoms with Gasteiger partial charge in [0.1, 0.15) is 5.60 Å². The van der Waals surface area contributed by atoms with Crippen molar-refractivity contribution < 1.29 is 9.53 Å². The first kappa shape index (κ1) is 17.4. The molecule has 0 aliphatic heterocycles. The first-order valence-corrected chi connectivity index (χ1v) is 7.44. The predicted octanol–water partition coefficient (Wildman–Crippen LogP) is 3.58. The fourth-order valence-corrected chi connectivity index (χ4v) is 1.95. The first-order chi connectivity index (χ1) is 9.69. The Bertz CT molecular complexity index is 483. The highest BCUT2D eigenvalue weighted by Crippen LogP contribution is 2.12. The van der Waals surface area contributed by atoms with Crippen molar-refractivity contribution in [3.8, 4) is 0 Å². The lowest BCUT2D eigenvalue weighted by Crippen LogP contribution is -2.46. The number of hydrogen-bond acceptors (Lipinski definition) is 3. The third-order valence-electron chi connectivity index (χ3n) is 2.78. The molecule has 116 valence electrons. The van der Waals surface area contributed by atoms with E-state index < -0.39 is 11.7 Å². The van der Waals surface area contributed by atoms with Gasteiger partial charge >= 0.3 is 6.09 Å². The largest absolute Gasteiger partial charge is 0.444 e. The Kier molecular flexibility index (Phi) is 6.15. The van der Waals surface area contributed by atoms with Crippen molar-refractivity contribution in [2.75, 3.05) is 0 Å². The summed E-state index contributed by atoms with van der Waals surface area (Å²) in [5.74, 6) is 0. The Hall–Kier alpha value is -1.62. The maximum atomic E-state index is 11.7. The summed E-state index contributed by atoms with van der Waals surface area (Å²) in [6.45, 7) is 9.33. The summed E-state index contributed by atoms with van der Waals surface area (Å²) in [4.78, 5) is 12.3. The number of rotatable bonds is 4. The van der Waals surface area contributed by atoms with Gasteiger partial charge in [0.05, 0.1) is 11.0 Å². The Morgan fingerprint density at radius 1 is 1.14 bits per heavy atom. The van der Waals surface area contributed by atoms with E-state index in [1.165, 1.54) is 0 Å². The van der Waals surface area contributed by atoms with Crippen LogP contribution in [0, 0.1) is 0 Å². The van der Waals surface area contributed by atoms with Crippen LogP contribution in [0.4, 0.5) is 4.79 Å². The number of benzene rings is 1. The molecule has 0 radical (unpaired) electrons. The lowest BCUT2D eigenvalue weighted by molar-refractivity contribution is 0.0521. The van der Waals surface area contributed by atoms with Gasteiger partial charge < -0.3 is 15.4 Å². The Morgan fingerprint density at radius 3 is 2.24 bits per heavy atom. The van der Waals surface area contributed by atoms with Crippen LogP contribution >= 0.6 is 12.2 Å². The molecule has 0 aromatic heterocycles. The van der Waals surface area contributed by atoms with Crippen LogP contribution in [0.25, 0.3) is 0 Å². The molecule has 0 unspecified atom stereocenters. The number of carbonyl (C=O) groups is 1. The zero-order valence-electron chi connectivity index (χ0n) is 13.3. The lowest BCUT2D eigenvalue weighted by Gasteiger charge is -2.24. The summed E-state index contributed by atoms with van der Waals surface area (Å²) in [6.07, 6.45) is -0.466. The third-order valence-corrected chi connectivity index (χ3v) is 3.26. The second-order valence-corrected chi connectivity index (χ2v) is 6.45. The predicted molar refractivity (Wildman–Crippen MR) is 89.4 cm³/mol. The molecule has 5 heteroatoms. The highest BCUT2D eigenvalue weighted by atomic mass is 32.1. The number of alkyl carbamates (subject to hydrolysis) is 1. The van der Waals surface area contributed by atoms with Crippen molar-refractivity contribution in [1.29, 1.82) is 0 Å². The highest BCUT2D eigenvalue weighted by molar-refractivity contribution is 7.80. The van der Waals surface area contributed by atoms with Gasteiger partial charge in [0, 0.05) is 6.04 Å². The van der Waals surface area contributed by atoms with E-state index in [9.17, 15) is 4.79 Å². The minimum absolute atomic E-state index is 0.0848. The van der Waals surface area contributed by atoms with E-state index in [-0.39, 0.29) is 12.1 Å². The molecular formula is C16H24N2O2S. The van der Waals surface area contributed by atoms with Crippen LogP contribution in [0.1, 0.15) is 46.2 Å². The van der Waals surface area contributed by atoms with Crippen LogP contribution < -0.4 is 10.6 Å². The summed E-state index contributed by atoms with van der Waals surface area (Å²) in [6, 6.07) is 9.81. The van der Waals surface area contributed by atoms with E-state index in [1.54, 1.807) is 0 Å². The maximum absolute atomic E-state index is 11.7. The van der Waals surface area contributed by atoms with Crippen LogP contribution in [0.3, 0.4) is 0 Å². The topological polar surface area (TPSA) is 50.4 Å². The van der Waals surface area contributed by atoms with Crippen LogP contribution in [0.2, 0.25) is 0 Å². The van der Waals surface area contributed by atoms with E-state index >= 15 is 0 Å². The standard InChI is InChI=1S/C16H24N2O2S/c1-11(13-9-7-6-8-10-13)17-14(21)12(2)18-15(19)20-16(3,4)5/h6-12H,1-5H3,(H,17,21)(H,18,19)/t11-,12-/m0/s1. The van der Waals surface area contributed by atoms with Gasteiger partial charge in [-0.15, -0.1) is 0 Å². The molecule has 4 nitrogen and oxygen atoms in total. The molecular weight excluding hydrogens is 284 g/mol. The van der Waals surface area contributed by atoms with Crippen molar-refractivity contribution in [1.82, 2.24) is 10.6 Å². The van der Waals surface area contributed by atoms with Gasteiger partial charge in [0.25, 0.3) is 0 Å². The smallest absolute Gasteiger partial charge is 0.408 e. The molecule has 1 amide bonds. The summed E-state index contributed by atoms with van der Waals surface area (Å²) < 4.78 is 5.21. The molecule has 0 fully saturated rings. The Labute approximate surface area is 132 Å². The molecule has 1 rings (SSSR count). The fraction of sp³-hybridized carbons (Fsp3) is 0.500. The van der Waals surface area contributed by atoms with Crippen molar-refractivity contribution in [2.45, 2.75) is 52.3 Å². The van der Waals surface area contributed by atoms with E-state index in [4.69, 9.17) is 17.0 Å². The monoisotopic (exact) mass is 308 g/mol. The molecule has 0 aliphatic carbocycles. The van der Waals surface area contributed by atoms with Gasteiger partial charge in [-0.05, 0) is 40.2 Å². The molecule has 21 heavy (non-hydrogen) atoms. The number of ether oxygens (including phenoxy) is 1. The summed E-state index contributed by atoms with van der Waals surface area (Å²) in [5.41, 5.74) is 0.625. The molecule has 2 N–H and O–H groups in total. The van der Waals surface area contributed by atoms with Gasteiger partial charge in [0.15, 0.2) is 0 Å². The normalized spacial score (nSPS) is 14.0. The molecule has 1 aromatic rings. The SMILES string of the molecule is C[C@H](NC(=O)OC(C)(C)C)C(=S)N[C@@H](C)c1ccccc1. The Morgan fingerprint density at radius 2 is 1.71 bits per heavy atom. The Balaban J connectivity index is 2.50. The quantitative estimate of drug-likeness (QED) is 0.835. The molecule has 1 aromatic carbocycles. The van der Waals surface area contributed by atoms with Crippen LogP contribution in [0.5, 0.6) is 0 Å². The second kappa shape index (κ2) is 7.41. The molecule has 0 spiro atoms. The summed E-state index contributed by atoms with van der Waals surface area (Å²) in [7, 11) is 0. The van der Waals surface area contributed by atoms with Gasteiger partial charge in [-0.1, -0.05) is 42.5 Å². The third kappa shape index (κ3) is 6.58. The van der Waals surface area contributed by atoms with Crippen molar-refractivity contribution in [3.05, 3.63) is 35.9 Å². The molecule has 0 aliphatic rings. The zero-order valence-corrected chi connectivity index (χ0v) is 14.1. The van der Waals surface area contributed by atoms with Crippen molar-refractivity contribution in [3.63, 3.8) is 0 Å². The zero-order chi connectivity index (χ0) is 16.0. The van der Waals surface area contributed by atoms with Crippen molar-refractivity contribution >= 4 is 23.3 Å². The number of thiocarbonyl (C=S) groups is 1. The molecule has 0 bridgehead atoms. The van der Waals surface area contributed by atoms with Gasteiger partial charge in [-0.25, -0.2) is 4.79 Å². The number of hydrogen-bond donors (Lipinski definition) is 2. The molecule has 0 saturated heterocycles. The van der Waals surface area contributed by atoms with Gasteiger partial charge in [-0.3, -0.25) is 0 Å². The molecule has 0 heterocycles. The second-order valence-electron chi connectivity index (χ2n) is 6.01. The van der Waals surface area contributed by atoms with E-state index in [1.807, 2.05) is 65.0 Å². The number of amides is 1. The minimum atomic E-state index is -0.518. The summed E-state index contributed by atoms with van der Waals surface area (Å²) >= 11 is 5.33. The first-order valence-electron chi connectivity index (χ1n) is 7.04. The van der Waals surface area contributed by atoms with E-state index in [2.05, 4.69) is 10.6 Å². The van der Waals surface area contributed by atoms with Gasteiger partial charge in [-0.2, -0.15) is 0 Å². The number of carbonyl (C=O) groups excluding carboxylic acids is 1. The fourth-order valence-electron chi connectivity index (χ4n) is 1.71. The lowest BCUT2D eigenvalue weighted by atomic mass is 10.1. The average Bonchev–Trinajstić information content (AvgIpc) is 2.37. The van der Waals surface area contributed by atoms with E-state index in [0.29, 0.717) is 4.99 Å². The van der Waals surface area contributed by atoms with Crippen LogP contribution in [-0.4, -0.2) is 22.7 Å². The van der Waals surface area contributed by atoms with E-state index in [0.717, 1.165) is 5.56 Å².